The third kappa shape index (κ3) is 4.62. The first-order valence-corrected chi connectivity index (χ1v) is 6.84. The topological polar surface area (TPSA) is 30.0 Å². The van der Waals surface area contributed by atoms with Crippen LogP contribution in [0.3, 0.4) is 0 Å². The average molecular weight is 287 g/mol. The normalized spacial score (nSPS) is 13.3. The molecule has 1 aromatic heterocycles. The molecule has 0 aliphatic carbocycles. The number of carbonyl (C=O) groups is 1. The summed E-state index contributed by atoms with van der Waals surface area (Å²) in [6.07, 6.45) is -1.28. The van der Waals surface area contributed by atoms with Gasteiger partial charge in [0.05, 0.1) is 17.2 Å². The second-order valence-electron chi connectivity index (χ2n) is 5.06. The fourth-order valence-electron chi connectivity index (χ4n) is 2.01. The van der Waals surface area contributed by atoms with Gasteiger partial charge in [-0.3, -0.25) is 9.78 Å². The van der Waals surface area contributed by atoms with Crippen LogP contribution >= 0.6 is 0 Å². The minimum absolute atomic E-state index is 0.0512. The molecule has 0 N–H and O–H groups in total. The number of rotatable bonds is 6. The summed E-state index contributed by atoms with van der Waals surface area (Å²) in [6.45, 7) is 5.16. The van der Waals surface area contributed by atoms with Crippen LogP contribution in [0.5, 0.6) is 0 Å². The molecule has 1 rings (SSSR count). The molecule has 1 aromatic rings. The maximum atomic E-state index is 12.7. The van der Waals surface area contributed by atoms with Crippen molar-refractivity contribution in [3.05, 3.63) is 29.1 Å². The molecule has 0 amide bonds. The molecule has 20 heavy (non-hydrogen) atoms. The maximum Gasteiger partial charge on any atom is 0.416 e. The van der Waals surface area contributed by atoms with E-state index < -0.39 is 17.7 Å². The first kappa shape index (κ1) is 16.7. The number of halogens is 3. The van der Waals surface area contributed by atoms with Crippen LogP contribution in [0, 0.1) is 6.92 Å². The Balaban J connectivity index is 2.90. The van der Waals surface area contributed by atoms with Crippen LogP contribution in [-0.2, 0) is 11.0 Å². The molecular weight excluding hydrogens is 267 g/mol. The summed E-state index contributed by atoms with van der Waals surface area (Å²) >= 11 is 0. The SMILES string of the molecule is CCCCCC(=O)C(C)c1cc(C(F)(F)F)cc(C)n1. The van der Waals surface area contributed by atoms with Gasteiger partial charge >= 0.3 is 6.18 Å². The van der Waals surface area contributed by atoms with Crippen LogP contribution in [0.4, 0.5) is 13.2 Å². The number of aromatic nitrogens is 1. The third-order valence-corrected chi connectivity index (χ3v) is 3.25. The highest BCUT2D eigenvalue weighted by atomic mass is 19.4. The number of nitrogens with zero attached hydrogens (tertiary/aromatic N) is 1. The van der Waals surface area contributed by atoms with E-state index in [1.54, 1.807) is 6.92 Å². The van der Waals surface area contributed by atoms with Crippen molar-refractivity contribution in [2.75, 3.05) is 0 Å². The Morgan fingerprint density at radius 1 is 1.30 bits per heavy atom. The quantitative estimate of drug-likeness (QED) is 0.712. The predicted molar refractivity (Wildman–Crippen MR) is 71.5 cm³/mol. The molecule has 0 saturated heterocycles. The van der Waals surface area contributed by atoms with Gasteiger partial charge in [0.25, 0.3) is 0 Å². The molecule has 2 nitrogen and oxygen atoms in total. The monoisotopic (exact) mass is 287 g/mol. The van der Waals surface area contributed by atoms with Crippen molar-refractivity contribution in [2.45, 2.75) is 58.5 Å². The smallest absolute Gasteiger partial charge is 0.299 e. The van der Waals surface area contributed by atoms with Crippen molar-refractivity contribution in [2.24, 2.45) is 0 Å². The van der Waals surface area contributed by atoms with Crippen LogP contribution in [0.2, 0.25) is 0 Å². The Labute approximate surface area is 117 Å². The van der Waals surface area contributed by atoms with Crippen LogP contribution in [0.25, 0.3) is 0 Å². The molecule has 0 spiro atoms. The molecule has 112 valence electrons. The van der Waals surface area contributed by atoms with Gasteiger partial charge in [0.15, 0.2) is 0 Å². The summed E-state index contributed by atoms with van der Waals surface area (Å²) < 4.78 is 38.2. The highest BCUT2D eigenvalue weighted by Crippen LogP contribution is 2.31. The first-order chi connectivity index (χ1) is 9.25. The molecule has 5 heteroatoms. The predicted octanol–water partition coefficient (Wildman–Crippen LogP) is 4.66. The summed E-state index contributed by atoms with van der Waals surface area (Å²) in [5.41, 5.74) is -0.255. The number of aryl methyl sites for hydroxylation is 1. The van der Waals surface area contributed by atoms with E-state index in [4.69, 9.17) is 0 Å². The van der Waals surface area contributed by atoms with Crippen molar-refractivity contribution in [3.63, 3.8) is 0 Å². The molecule has 0 radical (unpaired) electrons. The summed E-state index contributed by atoms with van der Waals surface area (Å²) in [6, 6.07) is 1.98. The number of carbonyl (C=O) groups excluding carboxylic acids is 1. The van der Waals surface area contributed by atoms with Gasteiger partial charge in [0.2, 0.25) is 0 Å². The van der Waals surface area contributed by atoms with Gasteiger partial charge in [0, 0.05) is 12.1 Å². The van der Waals surface area contributed by atoms with Crippen molar-refractivity contribution in [3.8, 4) is 0 Å². The number of hydrogen-bond donors (Lipinski definition) is 0. The van der Waals surface area contributed by atoms with Crippen molar-refractivity contribution in [1.29, 1.82) is 0 Å². The van der Waals surface area contributed by atoms with Crippen molar-refractivity contribution in [1.82, 2.24) is 4.98 Å². The van der Waals surface area contributed by atoms with E-state index in [1.807, 2.05) is 6.92 Å². The Morgan fingerprint density at radius 3 is 2.50 bits per heavy atom. The number of pyridine rings is 1. The Morgan fingerprint density at radius 2 is 1.95 bits per heavy atom. The van der Waals surface area contributed by atoms with Crippen LogP contribution in [0.1, 0.15) is 62.4 Å². The van der Waals surface area contributed by atoms with E-state index in [0.29, 0.717) is 6.42 Å². The molecule has 0 saturated carbocycles. The second kappa shape index (κ2) is 6.86. The molecule has 0 aliphatic heterocycles. The molecule has 1 atom stereocenters. The van der Waals surface area contributed by atoms with Gasteiger partial charge in [0.1, 0.15) is 5.78 Å². The number of alkyl halides is 3. The fraction of sp³-hybridized carbons (Fsp3) is 0.600. The molecule has 0 aliphatic rings. The zero-order valence-electron chi connectivity index (χ0n) is 12.0. The van der Waals surface area contributed by atoms with Gasteiger partial charge in [-0.1, -0.05) is 19.8 Å². The van der Waals surface area contributed by atoms with Gasteiger partial charge in [-0.25, -0.2) is 0 Å². The highest BCUT2D eigenvalue weighted by molar-refractivity contribution is 5.84. The van der Waals surface area contributed by atoms with Crippen LogP contribution < -0.4 is 0 Å². The number of Topliss-reactive ketones (excluding diaryl/α,β-unsaturated/α-hetero) is 1. The lowest BCUT2D eigenvalue weighted by Gasteiger charge is -2.14. The molecule has 0 bridgehead atoms. The van der Waals surface area contributed by atoms with Crippen molar-refractivity contribution >= 4 is 5.78 Å². The molecular formula is C15H20F3NO. The van der Waals surface area contributed by atoms with Crippen LogP contribution in [-0.4, -0.2) is 10.8 Å². The number of hydrogen-bond acceptors (Lipinski definition) is 2. The largest absolute Gasteiger partial charge is 0.416 e. The highest BCUT2D eigenvalue weighted by Gasteiger charge is 2.32. The maximum absolute atomic E-state index is 12.7. The van der Waals surface area contributed by atoms with E-state index in [1.165, 1.54) is 6.92 Å². The molecule has 1 unspecified atom stereocenters. The van der Waals surface area contributed by atoms with Crippen LogP contribution in [0.15, 0.2) is 12.1 Å². The summed E-state index contributed by atoms with van der Waals surface area (Å²) in [4.78, 5) is 16.0. The third-order valence-electron chi connectivity index (χ3n) is 3.25. The zero-order chi connectivity index (χ0) is 15.3. The Hall–Kier alpha value is -1.39. The fourth-order valence-corrected chi connectivity index (χ4v) is 2.01. The van der Waals surface area contributed by atoms with Gasteiger partial charge in [-0.15, -0.1) is 0 Å². The summed E-state index contributed by atoms with van der Waals surface area (Å²) in [5.74, 6) is -0.641. The number of ketones is 1. The van der Waals surface area contributed by atoms with E-state index in [2.05, 4.69) is 4.98 Å². The van der Waals surface area contributed by atoms with E-state index in [9.17, 15) is 18.0 Å². The van der Waals surface area contributed by atoms with Gasteiger partial charge < -0.3 is 0 Å². The summed E-state index contributed by atoms with van der Waals surface area (Å²) in [5, 5.41) is 0. The molecule has 0 fully saturated rings. The summed E-state index contributed by atoms with van der Waals surface area (Å²) in [7, 11) is 0. The number of unbranched alkanes of at least 4 members (excludes halogenated alkanes) is 2. The molecule has 0 aromatic carbocycles. The van der Waals surface area contributed by atoms with E-state index in [0.717, 1.165) is 31.4 Å². The first-order valence-electron chi connectivity index (χ1n) is 6.84. The Kier molecular flexibility index (Phi) is 5.72. The van der Waals surface area contributed by atoms with Gasteiger partial charge in [-0.2, -0.15) is 13.2 Å². The zero-order valence-corrected chi connectivity index (χ0v) is 12.0. The van der Waals surface area contributed by atoms with Crippen molar-refractivity contribution < 1.29 is 18.0 Å². The lowest BCUT2D eigenvalue weighted by Crippen LogP contribution is -2.14. The minimum atomic E-state index is -4.41. The van der Waals surface area contributed by atoms with Gasteiger partial charge in [-0.05, 0) is 32.4 Å². The molecule has 1 heterocycles. The van der Waals surface area contributed by atoms with E-state index >= 15 is 0 Å². The lowest BCUT2D eigenvalue weighted by atomic mass is 9.96. The lowest BCUT2D eigenvalue weighted by molar-refractivity contribution is -0.137. The van der Waals surface area contributed by atoms with E-state index in [-0.39, 0.29) is 17.2 Å². The average Bonchev–Trinajstić information content (AvgIpc) is 2.36. The second-order valence-corrected chi connectivity index (χ2v) is 5.06. The standard InChI is InChI=1S/C15H20F3NO/c1-4-5-6-7-14(20)11(3)13-9-12(15(16,17)18)8-10(2)19-13/h8-9,11H,4-7H2,1-3H3. The minimum Gasteiger partial charge on any atom is -0.299 e. The Bertz CT molecular complexity index is 469.